The summed E-state index contributed by atoms with van der Waals surface area (Å²) in [4.78, 5) is 8.93. The number of hydrogen-bond acceptors (Lipinski definition) is 6. The van der Waals surface area contributed by atoms with Crippen LogP contribution in [0.25, 0.3) is 27.8 Å². The second-order valence-corrected chi connectivity index (χ2v) is 6.39. The van der Waals surface area contributed by atoms with E-state index in [2.05, 4.69) is 16.0 Å². The zero-order valence-electron chi connectivity index (χ0n) is 16.0. The van der Waals surface area contributed by atoms with Crippen LogP contribution in [-0.2, 0) is 6.42 Å². The Kier molecular flexibility index (Phi) is 4.75. The van der Waals surface area contributed by atoms with Gasteiger partial charge in [-0.2, -0.15) is 5.26 Å². The van der Waals surface area contributed by atoms with Crippen LogP contribution in [0.4, 0.5) is 0 Å². The lowest BCUT2D eigenvalue weighted by Crippen LogP contribution is -1.94. The second kappa shape index (κ2) is 7.52. The van der Waals surface area contributed by atoms with Crippen LogP contribution in [0.2, 0.25) is 0 Å². The first kappa shape index (κ1) is 18.3. The van der Waals surface area contributed by atoms with Gasteiger partial charge in [-0.05, 0) is 35.9 Å². The molecule has 144 valence electrons. The third kappa shape index (κ3) is 3.32. The van der Waals surface area contributed by atoms with Crippen LogP contribution in [0.15, 0.2) is 54.9 Å². The first-order chi connectivity index (χ1) is 14.1. The van der Waals surface area contributed by atoms with Gasteiger partial charge in [-0.3, -0.25) is 4.57 Å². The molecule has 0 fully saturated rings. The Labute approximate surface area is 167 Å². The standard InChI is InChI=1S/C22H18N4O3/c1-28-20-11-15(12-24-21(20)29-2)18-7-6-17-19(25-18)13-26(22(17)27)16-5-3-4-14(10-16)8-9-23/h3-7,10-13,27H,8H2,1-2H3. The molecule has 3 heterocycles. The minimum atomic E-state index is 0.0959. The van der Waals surface area contributed by atoms with Crippen LogP contribution in [0.1, 0.15) is 5.56 Å². The Balaban J connectivity index is 1.78. The van der Waals surface area contributed by atoms with Crippen LogP contribution >= 0.6 is 0 Å². The van der Waals surface area contributed by atoms with Crippen LogP contribution in [0.5, 0.6) is 17.5 Å². The first-order valence-corrected chi connectivity index (χ1v) is 8.90. The number of aromatic nitrogens is 3. The predicted molar refractivity (Wildman–Crippen MR) is 108 cm³/mol. The van der Waals surface area contributed by atoms with Crippen LogP contribution in [-0.4, -0.2) is 33.9 Å². The molecule has 0 saturated carbocycles. The van der Waals surface area contributed by atoms with E-state index in [1.807, 2.05) is 42.5 Å². The van der Waals surface area contributed by atoms with E-state index >= 15 is 0 Å². The quantitative estimate of drug-likeness (QED) is 0.560. The maximum atomic E-state index is 10.7. The molecule has 0 radical (unpaired) electrons. The van der Waals surface area contributed by atoms with E-state index < -0.39 is 0 Å². The Bertz CT molecular complexity index is 1240. The number of nitrogens with zero attached hydrogens (tertiary/aromatic N) is 4. The summed E-state index contributed by atoms with van der Waals surface area (Å²) in [5, 5.41) is 20.2. The fraction of sp³-hybridized carbons (Fsp3) is 0.136. The van der Waals surface area contributed by atoms with Crippen molar-refractivity contribution in [1.29, 1.82) is 5.26 Å². The Morgan fingerprint density at radius 2 is 2.00 bits per heavy atom. The lowest BCUT2D eigenvalue weighted by molar-refractivity contribution is 0.343. The summed E-state index contributed by atoms with van der Waals surface area (Å²) < 4.78 is 12.2. The average molecular weight is 386 g/mol. The molecule has 29 heavy (non-hydrogen) atoms. The molecule has 0 aliphatic rings. The highest BCUT2D eigenvalue weighted by molar-refractivity contribution is 5.87. The van der Waals surface area contributed by atoms with Gasteiger partial charge in [-0.25, -0.2) is 9.97 Å². The minimum absolute atomic E-state index is 0.0959. The van der Waals surface area contributed by atoms with E-state index in [0.29, 0.717) is 34.6 Å². The highest BCUT2D eigenvalue weighted by atomic mass is 16.5. The van der Waals surface area contributed by atoms with E-state index in [1.54, 1.807) is 24.1 Å². The number of nitriles is 1. The van der Waals surface area contributed by atoms with Gasteiger partial charge < -0.3 is 14.6 Å². The lowest BCUT2D eigenvalue weighted by atomic mass is 10.1. The number of pyridine rings is 2. The van der Waals surface area contributed by atoms with E-state index in [0.717, 1.165) is 16.8 Å². The van der Waals surface area contributed by atoms with Gasteiger partial charge in [0.2, 0.25) is 5.88 Å². The van der Waals surface area contributed by atoms with Gasteiger partial charge in [0.05, 0.1) is 43.3 Å². The molecule has 7 heteroatoms. The number of benzene rings is 1. The van der Waals surface area contributed by atoms with Gasteiger partial charge in [0, 0.05) is 23.6 Å². The average Bonchev–Trinajstić information content (AvgIpc) is 3.09. The molecule has 0 unspecified atom stereocenters. The summed E-state index contributed by atoms with van der Waals surface area (Å²) in [6.45, 7) is 0. The van der Waals surface area contributed by atoms with Crippen molar-refractivity contribution in [2.75, 3.05) is 14.2 Å². The Hall–Kier alpha value is -4.05. The van der Waals surface area contributed by atoms with Gasteiger partial charge in [0.1, 0.15) is 0 Å². The van der Waals surface area contributed by atoms with E-state index in [9.17, 15) is 5.11 Å². The lowest BCUT2D eigenvalue weighted by Gasteiger charge is -2.08. The van der Waals surface area contributed by atoms with Gasteiger partial charge in [-0.15, -0.1) is 0 Å². The van der Waals surface area contributed by atoms with Crippen molar-refractivity contribution in [3.05, 3.63) is 60.4 Å². The Morgan fingerprint density at radius 3 is 2.76 bits per heavy atom. The van der Waals surface area contributed by atoms with Crippen LogP contribution in [0, 0.1) is 11.3 Å². The molecule has 4 rings (SSSR count). The molecule has 0 bridgehead atoms. The molecule has 4 aromatic rings. The fourth-order valence-electron chi connectivity index (χ4n) is 3.21. The normalized spacial score (nSPS) is 10.7. The predicted octanol–water partition coefficient (Wildman–Crippen LogP) is 3.88. The van der Waals surface area contributed by atoms with Crippen LogP contribution < -0.4 is 9.47 Å². The molecule has 0 amide bonds. The smallest absolute Gasteiger partial charge is 0.256 e. The van der Waals surface area contributed by atoms with Crippen molar-refractivity contribution in [3.63, 3.8) is 0 Å². The van der Waals surface area contributed by atoms with Gasteiger partial charge in [0.15, 0.2) is 5.75 Å². The van der Waals surface area contributed by atoms with Gasteiger partial charge >= 0.3 is 0 Å². The molecule has 0 atom stereocenters. The van der Waals surface area contributed by atoms with Crippen molar-refractivity contribution in [1.82, 2.24) is 14.5 Å². The molecule has 0 aliphatic heterocycles. The van der Waals surface area contributed by atoms with Crippen LogP contribution in [0.3, 0.4) is 0 Å². The number of ether oxygens (including phenoxy) is 2. The second-order valence-electron chi connectivity index (χ2n) is 6.39. The third-order valence-corrected chi connectivity index (χ3v) is 4.64. The molecular weight excluding hydrogens is 368 g/mol. The van der Waals surface area contributed by atoms with Gasteiger partial charge in [0.25, 0.3) is 5.88 Å². The van der Waals surface area contributed by atoms with Crippen molar-refractivity contribution < 1.29 is 14.6 Å². The highest BCUT2D eigenvalue weighted by Crippen LogP contribution is 2.33. The minimum Gasteiger partial charge on any atom is -0.494 e. The zero-order valence-corrected chi connectivity index (χ0v) is 16.0. The topological polar surface area (TPSA) is 93.2 Å². The third-order valence-electron chi connectivity index (χ3n) is 4.64. The zero-order chi connectivity index (χ0) is 20.4. The summed E-state index contributed by atoms with van der Waals surface area (Å²) in [6, 6.07) is 15.1. The van der Waals surface area contributed by atoms with E-state index in [-0.39, 0.29) is 5.88 Å². The van der Waals surface area contributed by atoms with E-state index in [1.165, 1.54) is 7.11 Å². The summed E-state index contributed by atoms with van der Waals surface area (Å²) in [6.07, 6.45) is 3.75. The molecule has 0 aliphatic carbocycles. The molecule has 3 aromatic heterocycles. The summed E-state index contributed by atoms with van der Waals surface area (Å²) in [5.74, 6) is 1.01. The number of rotatable bonds is 5. The molecule has 1 aromatic carbocycles. The summed E-state index contributed by atoms with van der Waals surface area (Å²) in [5.41, 5.74) is 3.75. The maximum Gasteiger partial charge on any atom is 0.256 e. The first-order valence-electron chi connectivity index (χ1n) is 8.90. The molecule has 0 saturated heterocycles. The van der Waals surface area contributed by atoms with Gasteiger partial charge in [-0.1, -0.05) is 12.1 Å². The largest absolute Gasteiger partial charge is 0.494 e. The van der Waals surface area contributed by atoms with Crippen molar-refractivity contribution in [2.45, 2.75) is 6.42 Å². The number of hydrogen-bond donors (Lipinski definition) is 1. The SMILES string of the molecule is COc1cc(-c2ccc3c(O)n(-c4cccc(CC#N)c4)cc3n2)cnc1OC. The summed E-state index contributed by atoms with van der Waals surface area (Å²) in [7, 11) is 3.09. The molecular formula is C22H18N4O3. The number of methoxy groups -OCH3 is 2. The van der Waals surface area contributed by atoms with Crippen molar-refractivity contribution in [3.8, 4) is 40.5 Å². The Morgan fingerprint density at radius 1 is 1.14 bits per heavy atom. The molecule has 1 N–H and O–H groups in total. The summed E-state index contributed by atoms with van der Waals surface area (Å²) >= 11 is 0. The van der Waals surface area contributed by atoms with Crippen molar-refractivity contribution >= 4 is 10.9 Å². The van der Waals surface area contributed by atoms with Crippen molar-refractivity contribution in [2.24, 2.45) is 0 Å². The molecule has 7 nitrogen and oxygen atoms in total. The van der Waals surface area contributed by atoms with E-state index in [4.69, 9.17) is 14.7 Å². The highest BCUT2D eigenvalue weighted by Gasteiger charge is 2.14. The maximum absolute atomic E-state index is 10.7. The number of aromatic hydroxyl groups is 1. The molecule has 0 spiro atoms. The number of fused-ring (bicyclic) bond motifs is 1. The fourth-order valence-corrected chi connectivity index (χ4v) is 3.21. The monoisotopic (exact) mass is 386 g/mol.